The Morgan fingerprint density at radius 3 is 2.78 bits per heavy atom. The van der Waals surface area contributed by atoms with Crippen LogP contribution >= 0.6 is 11.6 Å². The highest BCUT2D eigenvalue weighted by molar-refractivity contribution is 6.30. The molecule has 0 spiro atoms. The van der Waals surface area contributed by atoms with Crippen molar-refractivity contribution < 1.29 is 16.8 Å². The van der Waals surface area contributed by atoms with Crippen LogP contribution in [0.1, 0.15) is 18.6 Å². The molecule has 1 heterocycles. The second-order valence-corrected chi connectivity index (χ2v) is 4.87. The zero-order valence-corrected chi connectivity index (χ0v) is 11.3. The van der Waals surface area contributed by atoms with Gasteiger partial charge in [0.15, 0.2) is 0 Å². The van der Waals surface area contributed by atoms with Gasteiger partial charge in [-0.05, 0) is 37.1 Å². The molecule has 1 N–H and O–H groups in total. The summed E-state index contributed by atoms with van der Waals surface area (Å²) in [6.07, 6.45) is 2.59. The lowest BCUT2D eigenvalue weighted by Gasteiger charge is -2.00. The average molecular weight is 283 g/mol. The van der Waals surface area contributed by atoms with Crippen LogP contribution in [0.3, 0.4) is 0 Å². The molecule has 0 amide bonds. The number of halogens is 2. The van der Waals surface area contributed by atoms with Gasteiger partial charge in [0.2, 0.25) is 0 Å². The van der Waals surface area contributed by atoms with E-state index in [2.05, 4.69) is 5.32 Å². The highest BCUT2D eigenvalue weighted by Crippen LogP contribution is 2.25. The van der Waals surface area contributed by atoms with Gasteiger partial charge < -0.3 is 22.1 Å². The van der Waals surface area contributed by atoms with Gasteiger partial charge in [0, 0.05) is 16.6 Å². The standard InChI is InChI=1S/C14H14ClNO.ClH/c15-11-3-1-2-10(8-11)14-7-6-13(17-14)9-16-12-4-5-12;/h1-3,6-8,12,16H,4-5,9H2;1H/p-1. The van der Waals surface area contributed by atoms with Crippen LogP contribution in [0.15, 0.2) is 40.8 Å². The molecule has 1 aromatic heterocycles. The summed E-state index contributed by atoms with van der Waals surface area (Å²) in [5.74, 6) is 1.85. The Morgan fingerprint density at radius 1 is 1.22 bits per heavy atom. The minimum Gasteiger partial charge on any atom is -1.00 e. The Kier molecular flexibility index (Phi) is 4.33. The smallest absolute Gasteiger partial charge is 0.134 e. The predicted molar refractivity (Wildman–Crippen MR) is 69.0 cm³/mol. The summed E-state index contributed by atoms with van der Waals surface area (Å²) in [4.78, 5) is 0. The summed E-state index contributed by atoms with van der Waals surface area (Å²) in [5, 5.41) is 4.16. The molecule has 1 fully saturated rings. The molecule has 1 aliphatic rings. The molecule has 0 aliphatic heterocycles. The second kappa shape index (κ2) is 5.79. The molecule has 1 saturated carbocycles. The van der Waals surface area contributed by atoms with Gasteiger partial charge in [-0.15, -0.1) is 0 Å². The van der Waals surface area contributed by atoms with Crippen molar-refractivity contribution >= 4 is 11.6 Å². The molecule has 4 heteroatoms. The van der Waals surface area contributed by atoms with E-state index >= 15 is 0 Å². The number of hydrogen-bond acceptors (Lipinski definition) is 2. The van der Waals surface area contributed by atoms with Crippen LogP contribution in [-0.4, -0.2) is 6.04 Å². The molecule has 2 nitrogen and oxygen atoms in total. The maximum absolute atomic E-state index is 5.96. The SMILES string of the molecule is Clc1cccc(-c2ccc(CNC3CC3)o2)c1.[Cl-]. The van der Waals surface area contributed by atoms with Gasteiger partial charge in [0.05, 0.1) is 6.54 Å². The highest BCUT2D eigenvalue weighted by atomic mass is 35.5. The third-order valence-corrected chi connectivity index (χ3v) is 3.15. The van der Waals surface area contributed by atoms with Crippen molar-refractivity contribution in [3.05, 3.63) is 47.2 Å². The van der Waals surface area contributed by atoms with E-state index < -0.39 is 0 Å². The van der Waals surface area contributed by atoms with E-state index in [1.54, 1.807) is 0 Å². The molecular formula is C14H14Cl2NO-. The third-order valence-electron chi connectivity index (χ3n) is 2.91. The summed E-state index contributed by atoms with van der Waals surface area (Å²) >= 11 is 5.96. The minimum absolute atomic E-state index is 0. The van der Waals surface area contributed by atoms with Crippen molar-refractivity contribution in [3.8, 4) is 11.3 Å². The Labute approximate surface area is 118 Å². The summed E-state index contributed by atoms with van der Waals surface area (Å²) in [6.45, 7) is 0.811. The molecule has 1 aliphatic carbocycles. The van der Waals surface area contributed by atoms with Gasteiger partial charge in [0.25, 0.3) is 0 Å². The zero-order chi connectivity index (χ0) is 11.7. The fourth-order valence-corrected chi connectivity index (χ4v) is 1.99. The summed E-state index contributed by atoms with van der Waals surface area (Å²) < 4.78 is 5.78. The van der Waals surface area contributed by atoms with Crippen LogP contribution < -0.4 is 17.7 Å². The summed E-state index contributed by atoms with van der Waals surface area (Å²) in [7, 11) is 0. The fourth-order valence-electron chi connectivity index (χ4n) is 1.80. The summed E-state index contributed by atoms with van der Waals surface area (Å²) in [6, 6.07) is 12.4. The predicted octanol–water partition coefficient (Wildman–Crippen LogP) is 0.856. The zero-order valence-electron chi connectivity index (χ0n) is 9.83. The van der Waals surface area contributed by atoms with Crippen LogP contribution in [0, 0.1) is 0 Å². The van der Waals surface area contributed by atoms with Crippen molar-refractivity contribution in [2.45, 2.75) is 25.4 Å². The monoisotopic (exact) mass is 282 g/mol. The first kappa shape index (κ1) is 13.5. The fraction of sp³-hybridized carbons (Fsp3) is 0.286. The van der Waals surface area contributed by atoms with Gasteiger partial charge in [-0.1, -0.05) is 23.7 Å². The maximum Gasteiger partial charge on any atom is 0.134 e. The molecule has 0 radical (unpaired) electrons. The van der Waals surface area contributed by atoms with E-state index in [0.29, 0.717) is 6.04 Å². The lowest BCUT2D eigenvalue weighted by Crippen LogP contribution is -3.00. The Bertz CT molecular complexity index is 520. The Morgan fingerprint density at radius 2 is 2.06 bits per heavy atom. The lowest BCUT2D eigenvalue weighted by atomic mass is 10.2. The molecule has 3 rings (SSSR count). The van der Waals surface area contributed by atoms with E-state index in [9.17, 15) is 0 Å². The van der Waals surface area contributed by atoms with E-state index in [1.165, 1.54) is 12.8 Å². The first-order valence-corrected chi connectivity index (χ1v) is 6.27. The topological polar surface area (TPSA) is 25.2 Å². The van der Waals surface area contributed by atoms with Crippen LogP contribution in [0.4, 0.5) is 0 Å². The Hall–Kier alpha value is -0.960. The Balaban J connectivity index is 0.00000120. The molecule has 96 valence electrons. The molecular weight excluding hydrogens is 269 g/mol. The van der Waals surface area contributed by atoms with Crippen molar-refractivity contribution in [2.75, 3.05) is 0 Å². The first-order chi connectivity index (χ1) is 8.31. The van der Waals surface area contributed by atoms with Crippen LogP contribution in [-0.2, 0) is 6.54 Å². The van der Waals surface area contributed by atoms with Crippen molar-refractivity contribution in [3.63, 3.8) is 0 Å². The average Bonchev–Trinajstić information content (AvgIpc) is 3.04. The molecule has 18 heavy (non-hydrogen) atoms. The van der Waals surface area contributed by atoms with Gasteiger partial charge >= 0.3 is 0 Å². The number of nitrogens with one attached hydrogen (secondary N) is 1. The molecule has 0 atom stereocenters. The van der Waals surface area contributed by atoms with Crippen LogP contribution in [0.5, 0.6) is 0 Å². The lowest BCUT2D eigenvalue weighted by molar-refractivity contribution is -0.00000391. The van der Waals surface area contributed by atoms with Crippen molar-refractivity contribution in [1.82, 2.24) is 5.32 Å². The molecule has 2 aromatic rings. The number of benzene rings is 1. The largest absolute Gasteiger partial charge is 1.00 e. The van der Waals surface area contributed by atoms with E-state index in [0.717, 1.165) is 28.7 Å². The van der Waals surface area contributed by atoms with Gasteiger partial charge in [-0.25, -0.2) is 0 Å². The first-order valence-electron chi connectivity index (χ1n) is 5.89. The van der Waals surface area contributed by atoms with Gasteiger partial charge in [0.1, 0.15) is 11.5 Å². The van der Waals surface area contributed by atoms with Gasteiger partial charge in [-0.3, -0.25) is 0 Å². The van der Waals surface area contributed by atoms with Crippen LogP contribution in [0.2, 0.25) is 5.02 Å². The van der Waals surface area contributed by atoms with Crippen molar-refractivity contribution in [1.29, 1.82) is 0 Å². The minimum atomic E-state index is 0. The van der Waals surface area contributed by atoms with Crippen LogP contribution in [0.25, 0.3) is 11.3 Å². The quantitative estimate of drug-likeness (QED) is 0.900. The number of rotatable bonds is 4. The van der Waals surface area contributed by atoms with Crippen molar-refractivity contribution in [2.24, 2.45) is 0 Å². The molecule has 1 aromatic carbocycles. The number of hydrogen-bond donors (Lipinski definition) is 1. The number of furan rings is 1. The molecule has 0 bridgehead atoms. The maximum atomic E-state index is 5.96. The second-order valence-electron chi connectivity index (χ2n) is 4.43. The van der Waals surface area contributed by atoms with E-state index in [1.807, 2.05) is 36.4 Å². The molecule has 0 unspecified atom stereocenters. The van der Waals surface area contributed by atoms with E-state index in [4.69, 9.17) is 16.0 Å². The van der Waals surface area contributed by atoms with Gasteiger partial charge in [-0.2, -0.15) is 0 Å². The normalized spacial score (nSPS) is 14.3. The molecule has 0 saturated heterocycles. The highest BCUT2D eigenvalue weighted by Gasteiger charge is 2.20. The van der Waals surface area contributed by atoms with E-state index in [-0.39, 0.29) is 12.4 Å². The summed E-state index contributed by atoms with van der Waals surface area (Å²) in [5.41, 5.74) is 1.02. The third kappa shape index (κ3) is 3.29.